The van der Waals surface area contributed by atoms with Crippen molar-refractivity contribution in [3.63, 3.8) is 0 Å². The Bertz CT molecular complexity index is 1700. The van der Waals surface area contributed by atoms with Gasteiger partial charge in [-0.05, 0) is 34.4 Å². The molecule has 0 aliphatic carbocycles. The molecule has 2 atom stereocenters. The molecule has 1 amide bonds. The van der Waals surface area contributed by atoms with Gasteiger partial charge in [0.2, 0.25) is 5.91 Å². The van der Waals surface area contributed by atoms with E-state index in [4.69, 9.17) is 4.74 Å². The zero-order chi connectivity index (χ0) is 28.7. The van der Waals surface area contributed by atoms with E-state index in [0.717, 1.165) is 16.9 Å². The van der Waals surface area contributed by atoms with Gasteiger partial charge in [0.15, 0.2) is 0 Å². The van der Waals surface area contributed by atoms with Gasteiger partial charge in [0.25, 0.3) is 0 Å². The third kappa shape index (κ3) is 3.92. The Morgan fingerprint density at radius 3 is 1.95 bits per heavy atom. The van der Waals surface area contributed by atoms with E-state index in [9.17, 15) is 9.90 Å². The molecule has 42 heavy (non-hydrogen) atoms. The molecule has 1 unspecified atom stereocenters. The second kappa shape index (κ2) is 10.2. The van der Waals surface area contributed by atoms with Gasteiger partial charge in [-0.3, -0.25) is 4.79 Å². The molecular weight excluding hydrogens is 520 g/mol. The van der Waals surface area contributed by atoms with Crippen LogP contribution in [0.1, 0.15) is 27.8 Å². The van der Waals surface area contributed by atoms with Gasteiger partial charge in [-0.15, -0.1) is 0 Å². The lowest BCUT2D eigenvalue weighted by Gasteiger charge is -2.48. The predicted molar refractivity (Wildman–Crippen MR) is 166 cm³/mol. The quantitative estimate of drug-likeness (QED) is 0.264. The van der Waals surface area contributed by atoms with Crippen LogP contribution in [-0.4, -0.2) is 24.7 Å². The second-order valence-electron chi connectivity index (χ2n) is 11.2. The zero-order valence-electron chi connectivity index (χ0n) is 23.5. The molecule has 5 aromatic rings. The number of para-hydroxylation sites is 1. The van der Waals surface area contributed by atoms with Gasteiger partial charge in [-0.25, -0.2) is 0 Å². The summed E-state index contributed by atoms with van der Waals surface area (Å²) in [4.78, 5) is 18.5. The van der Waals surface area contributed by atoms with Crippen molar-refractivity contribution >= 4 is 17.3 Å². The highest BCUT2D eigenvalue weighted by Gasteiger charge is 2.67. The van der Waals surface area contributed by atoms with Gasteiger partial charge >= 0.3 is 0 Å². The number of carbonyl (C=O) groups excluding carboxylic acids is 1. The van der Waals surface area contributed by atoms with Crippen LogP contribution in [0.15, 0.2) is 133 Å². The number of hydrogen-bond acceptors (Lipinski definition) is 4. The zero-order valence-corrected chi connectivity index (χ0v) is 23.5. The molecule has 5 nitrogen and oxygen atoms in total. The van der Waals surface area contributed by atoms with Crippen LogP contribution in [-0.2, 0) is 28.9 Å². The van der Waals surface area contributed by atoms with Gasteiger partial charge < -0.3 is 19.6 Å². The maximum Gasteiger partial charge on any atom is 0.245 e. The van der Waals surface area contributed by atoms with Crippen LogP contribution >= 0.6 is 0 Å². The molecule has 2 heterocycles. The summed E-state index contributed by atoms with van der Waals surface area (Å²) < 4.78 is 6.42. The lowest BCUT2D eigenvalue weighted by molar-refractivity contribution is -0.138. The first kappa shape index (κ1) is 26.1. The average molecular weight is 553 g/mol. The maximum absolute atomic E-state index is 14.5. The standard InChI is InChI=1S/C37H32N2O3/c1-38-33-20-12-11-19-31(33)37(35(38)40)32-22-21-30(23-34(32)42-26-36(37,41)29-17-9-4-10-18-29)39(24-27-13-5-2-6-14-27)25-28-15-7-3-8-16-28/h2-23,41H,24-26H2,1H3/t36-,37?/m0/s1. The van der Waals surface area contributed by atoms with E-state index in [1.165, 1.54) is 11.1 Å². The number of anilines is 2. The first-order valence-electron chi connectivity index (χ1n) is 14.3. The SMILES string of the molecule is CN1C(=O)C2(c3ccc(N(Cc4ccccc4)Cc4ccccc4)cc3OC[C@]2(O)c2ccccc2)c2ccccc21. The molecule has 2 aliphatic rings. The third-order valence-electron chi connectivity index (χ3n) is 8.77. The lowest BCUT2D eigenvalue weighted by atomic mass is 9.60. The van der Waals surface area contributed by atoms with E-state index in [-0.39, 0.29) is 12.5 Å². The number of fused-ring (bicyclic) bond motifs is 4. The van der Waals surface area contributed by atoms with Crippen molar-refractivity contribution in [2.75, 3.05) is 23.5 Å². The summed E-state index contributed by atoms with van der Waals surface area (Å²) in [6, 6.07) is 44.1. The highest BCUT2D eigenvalue weighted by Crippen LogP contribution is 2.59. The number of benzene rings is 5. The second-order valence-corrected chi connectivity index (χ2v) is 11.2. The highest BCUT2D eigenvalue weighted by atomic mass is 16.5. The summed E-state index contributed by atoms with van der Waals surface area (Å²) in [5.41, 5.74) is 3.29. The van der Waals surface area contributed by atoms with Crippen LogP contribution in [0, 0.1) is 0 Å². The van der Waals surface area contributed by atoms with E-state index >= 15 is 0 Å². The van der Waals surface area contributed by atoms with Crippen molar-refractivity contribution in [1.82, 2.24) is 0 Å². The van der Waals surface area contributed by atoms with Crippen LogP contribution in [0.3, 0.4) is 0 Å². The normalized spacial score (nSPS) is 20.6. The van der Waals surface area contributed by atoms with E-state index < -0.39 is 11.0 Å². The van der Waals surface area contributed by atoms with Crippen LogP contribution in [0.2, 0.25) is 0 Å². The third-order valence-corrected chi connectivity index (χ3v) is 8.77. The van der Waals surface area contributed by atoms with Crippen molar-refractivity contribution < 1.29 is 14.6 Å². The molecule has 2 aliphatic heterocycles. The fraction of sp³-hybridized carbons (Fsp3) is 0.162. The molecule has 0 bridgehead atoms. The number of carbonyl (C=O) groups is 1. The number of aliphatic hydroxyl groups is 1. The molecule has 7 rings (SSSR count). The maximum atomic E-state index is 14.5. The van der Waals surface area contributed by atoms with Crippen molar-refractivity contribution in [1.29, 1.82) is 0 Å². The molecule has 1 N–H and O–H groups in total. The van der Waals surface area contributed by atoms with E-state index in [2.05, 4.69) is 59.5 Å². The summed E-state index contributed by atoms with van der Waals surface area (Å²) in [5.74, 6) is 0.440. The Kier molecular flexibility index (Phi) is 6.33. The summed E-state index contributed by atoms with van der Waals surface area (Å²) in [6.45, 7) is 1.36. The van der Waals surface area contributed by atoms with Crippen molar-refractivity contribution in [3.8, 4) is 5.75 Å². The van der Waals surface area contributed by atoms with Crippen LogP contribution in [0.5, 0.6) is 5.75 Å². The largest absolute Gasteiger partial charge is 0.490 e. The minimum atomic E-state index is -1.62. The fourth-order valence-electron chi connectivity index (χ4n) is 6.73. The van der Waals surface area contributed by atoms with E-state index in [1.807, 2.05) is 78.9 Å². The average Bonchev–Trinajstić information content (AvgIpc) is 3.27. The Morgan fingerprint density at radius 1 is 0.738 bits per heavy atom. The number of likely N-dealkylation sites (N-methyl/N-ethyl adjacent to an activating group) is 1. The van der Waals surface area contributed by atoms with Crippen LogP contribution in [0.4, 0.5) is 11.4 Å². The summed E-state index contributed by atoms with van der Waals surface area (Å²) >= 11 is 0. The van der Waals surface area contributed by atoms with Crippen molar-refractivity contribution in [3.05, 3.63) is 161 Å². The predicted octanol–water partition coefficient (Wildman–Crippen LogP) is 6.44. The molecule has 208 valence electrons. The number of amides is 1. The Morgan fingerprint density at radius 2 is 1.31 bits per heavy atom. The van der Waals surface area contributed by atoms with Crippen LogP contribution < -0.4 is 14.5 Å². The first-order valence-corrected chi connectivity index (χ1v) is 14.3. The van der Waals surface area contributed by atoms with Crippen LogP contribution in [0.25, 0.3) is 0 Å². The first-order chi connectivity index (χ1) is 20.5. The molecule has 1 spiro atoms. The molecule has 0 saturated heterocycles. The summed E-state index contributed by atoms with van der Waals surface area (Å²) in [5, 5.41) is 12.7. The Hall–Kier alpha value is -4.87. The lowest BCUT2D eigenvalue weighted by Crippen LogP contribution is -2.60. The number of hydrogen-bond donors (Lipinski definition) is 1. The van der Waals surface area contributed by atoms with Crippen molar-refractivity contribution in [2.45, 2.75) is 24.1 Å². The van der Waals surface area contributed by atoms with E-state index in [1.54, 1.807) is 11.9 Å². The monoisotopic (exact) mass is 552 g/mol. The smallest absolute Gasteiger partial charge is 0.245 e. The number of nitrogens with zero attached hydrogens (tertiary/aromatic N) is 2. The van der Waals surface area contributed by atoms with Gasteiger partial charge in [-0.1, -0.05) is 115 Å². The molecule has 0 saturated carbocycles. The molecule has 5 aromatic carbocycles. The van der Waals surface area contributed by atoms with Crippen molar-refractivity contribution in [2.24, 2.45) is 0 Å². The molecule has 5 heteroatoms. The van der Waals surface area contributed by atoms with Gasteiger partial charge in [0.05, 0.1) is 0 Å². The molecular formula is C37H32N2O3. The van der Waals surface area contributed by atoms with Gasteiger partial charge in [0, 0.05) is 43.1 Å². The van der Waals surface area contributed by atoms with Gasteiger partial charge in [-0.2, -0.15) is 0 Å². The van der Waals surface area contributed by atoms with E-state index in [0.29, 0.717) is 30.0 Å². The highest BCUT2D eigenvalue weighted by molar-refractivity contribution is 6.12. The summed E-state index contributed by atoms with van der Waals surface area (Å²) in [6.07, 6.45) is 0. The number of ether oxygens (including phenoxy) is 1. The minimum absolute atomic E-state index is 0.0568. The topological polar surface area (TPSA) is 53.0 Å². The summed E-state index contributed by atoms with van der Waals surface area (Å²) in [7, 11) is 1.78. The minimum Gasteiger partial charge on any atom is -0.490 e. The Labute approximate surface area is 246 Å². The molecule has 0 aromatic heterocycles. The molecule has 0 radical (unpaired) electrons. The number of rotatable bonds is 6. The van der Waals surface area contributed by atoms with Gasteiger partial charge in [0.1, 0.15) is 23.4 Å². The molecule has 0 fully saturated rings. The fourth-order valence-corrected chi connectivity index (χ4v) is 6.73. The Balaban J connectivity index is 1.40.